The lowest BCUT2D eigenvalue weighted by Gasteiger charge is -2.27. The van der Waals surface area contributed by atoms with Crippen molar-refractivity contribution in [2.75, 3.05) is 0 Å². The van der Waals surface area contributed by atoms with Gasteiger partial charge in [-0.1, -0.05) is 26.8 Å². The molecule has 0 heterocycles. The van der Waals surface area contributed by atoms with Crippen LogP contribution in [-0.4, -0.2) is 23.1 Å². The van der Waals surface area contributed by atoms with Crippen LogP contribution in [0.4, 0.5) is 0 Å². The summed E-state index contributed by atoms with van der Waals surface area (Å²) in [6.07, 6.45) is 5.54. The summed E-state index contributed by atoms with van der Waals surface area (Å²) in [5.74, 6) is -1.71. The number of ether oxygens (including phenoxy) is 1. The van der Waals surface area contributed by atoms with Crippen LogP contribution < -0.4 is 0 Å². The largest absolute Gasteiger partial charge is 0.481 e. The van der Waals surface area contributed by atoms with Gasteiger partial charge in [0.2, 0.25) is 0 Å². The highest BCUT2D eigenvalue weighted by Gasteiger charge is 2.35. The zero-order valence-electron chi connectivity index (χ0n) is 12.7. The fourth-order valence-corrected chi connectivity index (χ4v) is 2.79. The van der Waals surface area contributed by atoms with E-state index in [1.807, 2.05) is 26.8 Å². The average molecular weight is 282 g/mol. The van der Waals surface area contributed by atoms with Gasteiger partial charge in [0.25, 0.3) is 0 Å². The molecule has 0 spiro atoms. The van der Waals surface area contributed by atoms with Crippen LogP contribution in [0.15, 0.2) is 12.7 Å². The minimum absolute atomic E-state index is 0.0594. The maximum Gasteiger partial charge on any atom is 0.307 e. The predicted octanol–water partition coefficient (Wildman–Crippen LogP) is 3.41. The van der Waals surface area contributed by atoms with Crippen molar-refractivity contribution in [1.82, 2.24) is 0 Å². The van der Waals surface area contributed by atoms with Crippen molar-refractivity contribution in [2.24, 2.45) is 17.3 Å². The van der Waals surface area contributed by atoms with E-state index >= 15 is 0 Å². The SMILES string of the molecule is C=CC[C@@H]1CCC[C@H]1OC(=O)C[C@H](C(=O)O)C(C)(C)C. The first kappa shape index (κ1) is 16.7. The van der Waals surface area contributed by atoms with E-state index in [4.69, 9.17) is 4.74 Å². The topological polar surface area (TPSA) is 63.6 Å². The summed E-state index contributed by atoms with van der Waals surface area (Å²) < 4.78 is 5.50. The number of hydrogen-bond donors (Lipinski definition) is 1. The van der Waals surface area contributed by atoms with Gasteiger partial charge in [-0.3, -0.25) is 9.59 Å². The zero-order valence-corrected chi connectivity index (χ0v) is 12.7. The molecule has 1 N–H and O–H groups in total. The summed E-state index contributed by atoms with van der Waals surface area (Å²) in [6.45, 7) is 9.21. The van der Waals surface area contributed by atoms with Crippen LogP contribution in [0, 0.1) is 17.3 Å². The Bertz CT molecular complexity index is 367. The molecule has 3 atom stereocenters. The van der Waals surface area contributed by atoms with Gasteiger partial charge in [-0.15, -0.1) is 6.58 Å². The number of aliphatic carboxylic acids is 1. The summed E-state index contributed by atoms with van der Waals surface area (Å²) in [6, 6.07) is 0. The Morgan fingerprint density at radius 1 is 1.40 bits per heavy atom. The molecular formula is C16H26O4. The highest BCUT2D eigenvalue weighted by molar-refractivity contribution is 5.79. The van der Waals surface area contributed by atoms with Crippen molar-refractivity contribution in [3.05, 3.63) is 12.7 Å². The van der Waals surface area contributed by atoms with Gasteiger partial charge in [0.1, 0.15) is 6.10 Å². The molecule has 20 heavy (non-hydrogen) atoms. The third-order valence-corrected chi connectivity index (χ3v) is 4.06. The van der Waals surface area contributed by atoms with Crippen molar-refractivity contribution in [2.45, 2.75) is 59.0 Å². The van der Waals surface area contributed by atoms with E-state index in [0.29, 0.717) is 5.92 Å². The van der Waals surface area contributed by atoms with Crippen LogP contribution in [0.25, 0.3) is 0 Å². The molecule has 1 aliphatic carbocycles. The summed E-state index contributed by atoms with van der Waals surface area (Å²) in [5, 5.41) is 9.23. The number of carbonyl (C=O) groups excluding carboxylic acids is 1. The lowest BCUT2D eigenvalue weighted by atomic mass is 9.79. The molecule has 4 nitrogen and oxygen atoms in total. The van der Waals surface area contributed by atoms with Crippen molar-refractivity contribution in [3.63, 3.8) is 0 Å². The molecule has 0 aromatic rings. The molecule has 0 unspecified atom stereocenters. The second-order valence-electron chi connectivity index (χ2n) is 6.70. The van der Waals surface area contributed by atoms with Gasteiger partial charge in [-0.05, 0) is 37.0 Å². The van der Waals surface area contributed by atoms with E-state index in [2.05, 4.69) is 6.58 Å². The Balaban J connectivity index is 2.58. The molecule has 1 saturated carbocycles. The highest BCUT2D eigenvalue weighted by atomic mass is 16.5. The Kier molecular flexibility index (Phi) is 5.78. The second kappa shape index (κ2) is 6.91. The fourth-order valence-electron chi connectivity index (χ4n) is 2.79. The van der Waals surface area contributed by atoms with E-state index in [-0.39, 0.29) is 12.5 Å². The Labute approximate surface area is 121 Å². The first-order valence-corrected chi connectivity index (χ1v) is 7.29. The van der Waals surface area contributed by atoms with Crippen LogP contribution >= 0.6 is 0 Å². The molecule has 0 bridgehead atoms. The maximum atomic E-state index is 12.0. The first-order chi connectivity index (χ1) is 9.25. The van der Waals surface area contributed by atoms with E-state index < -0.39 is 23.3 Å². The molecule has 0 aliphatic heterocycles. The van der Waals surface area contributed by atoms with Gasteiger partial charge in [-0.25, -0.2) is 0 Å². The van der Waals surface area contributed by atoms with Crippen molar-refractivity contribution in [3.8, 4) is 0 Å². The highest BCUT2D eigenvalue weighted by Crippen LogP contribution is 2.33. The molecule has 0 amide bonds. The first-order valence-electron chi connectivity index (χ1n) is 7.29. The number of allylic oxidation sites excluding steroid dienone is 1. The molecule has 4 heteroatoms. The van der Waals surface area contributed by atoms with Crippen LogP contribution in [-0.2, 0) is 14.3 Å². The van der Waals surface area contributed by atoms with Crippen molar-refractivity contribution >= 4 is 11.9 Å². The Morgan fingerprint density at radius 3 is 2.55 bits per heavy atom. The van der Waals surface area contributed by atoms with Crippen LogP contribution in [0.2, 0.25) is 0 Å². The fraction of sp³-hybridized carbons (Fsp3) is 0.750. The normalized spacial score (nSPS) is 24.1. The number of esters is 1. The molecule has 114 valence electrons. The molecule has 0 saturated heterocycles. The van der Waals surface area contributed by atoms with Gasteiger partial charge in [0, 0.05) is 0 Å². The van der Waals surface area contributed by atoms with Crippen LogP contribution in [0.5, 0.6) is 0 Å². The van der Waals surface area contributed by atoms with Gasteiger partial charge in [-0.2, -0.15) is 0 Å². The standard InChI is InChI=1S/C16H26O4/c1-5-7-11-8-6-9-13(11)20-14(17)10-12(15(18)19)16(2,3)4/h5,11-13H,1,6-10H2,2-4H3,(H,18,19)/t11-,12-,13-/m1/s1. The lowest BCUT2D eigenvalue weighted by Crippen LogP contribution is -2.32. The Hall–Kier alpha value is -1.32. The number of carboxylic acids is 1. The second-order valence-corrected chi connectivity index (χ2v) is 6.70. The molecule has 0 radical (unpaired) electrons. The van der Waals surface area contributed by atoms with Crippen LogP contribution in [0.3, 0.4) is 0 Å². The minimum atomic E-state index is -0.941. The van der Waals surface area contributed by atoms with E-state index in [1.165, 1.54) is 0 Å². The van der Waals surface area contributed by atoms with Crippen molar-refractivity contribution in [1.29, 1.82) is 0 Å². The van der Waals surface area contributed by atoms with Gasteiger partial charge >= 0.3 is 11.9 Å². The summed E-state index contributed by atoms with van der Waals surface area (Å²) >= 11 is 0. The number of rotatable bonds is 6. The summed E-state index contributed by atoms with van der Waals surface area (Å²) in [4.78, 5) is 23.3. The molecule has 0 aromatic carbocycles. The van der Waals surface area contributed by atoms with E-state index in [1.54, 1.807) is 0 Å². The minimum Gasteiger partial charge on any atom is -0.481 e. The molecular weight excluding hydrogens is 256 g/mol. The summed E-state index contributed by atoms with van der Waals surface area (Å²) in [5.41, 5.74) is -0.457. The van der Waals surface area contributed by atoms with Gasteiger partial charge < -0.3 is 9.84 Å². The number of carboxylic acid groups (broad SMARTS) is 1. The molecule has 1 aliphatic rings. The third-order valence-electron chi connectivity index (χ3n) is 4.06. The van der Waals surface area contributed by atoms with E-state index in [0.717, 1.165) is 25.7 Å². The molecule has 1 rings (SSSR count). The molecule has 0 aromatic heterocycles. The zero-order chi connectivity index (χ0) is 15.3. The molecule has 1 fully saturated rings. The predicted molar refractivity (Wildman–Crippen MR) is 77.2 cm³/mol. The van der Waals surface area contributed by atoms with Gasteiger partial charge in [0.15, 0.2) is 0 Å². The maximum absolute atomic E-state index is 12.0. The van der Waals surface area contributed by atoms with E-state index in [9.17, 15) is 14.7 Å². The third kappa shape index (κ3) is 4.66. The lowest BCUT2D eigenvalue weighted by molar-refractivity contribution is -0.159. The number of carbonyl (C=O) groups is 2. The quantitative estimate of drug-likeness (QED) is 0.599. The summed E-state index contributed by atoms with van der Waals surface area (Å²) in [7, 11) is 0. The monoisotopic (exact) mass is 282 g/mol. The van der Waals surface area contributed by atoms with Crippen LogP contribution in [0.1, 0.15) is 52.9 Å². The van der Waals surface area contributed by atoms with Gasteiger partial charge in [0.05, 0.1) is 12.3 Å². The number of hydrogen-bond acceptors (Lipinski definition) is 3. The van der Waals surface area contributed by atoms with Crippen molar-refractivity contribution < 1.29 is 19.4 Å². The Morgan fingerprint density at radius 2 is 2.05 bits per heavy atom. The smallest absolute Gasteiger partial charge is 0.307 e. The average Bonchev–Trinajstić information content (AvgIpc) is 2.72.